The number of hydrogen-bond donors (Lipinski definition) is 1. The Balaban J connectivity index is 1.74. The van der Waals surface area contributed by atoms with E-state index in [1.807, 2.05) is 0 Å². The standard InChI is InChI=1S/C17H34N2O/c1-4-15-13-19(17(12-18-15)14(2)3)10-11-20-16-8-6-5-7-9-16/h14-18H,4-13H2,1-3H3. The molecule has 0 spiro atoms. The summed E-state index contributed by atoms with van der Waals surface area (Å²) in [6, 6.07) is 1.34. The molecule has 0 aromatic rings. The maximum Gasteiger partial charge on any atom is 0.0597 e. The predicted octanol–water partition coefficient (Wildman–Crippen LogP) is 3.04. The first-order chi connectivity index (χ1) is 9.70. The summed E-state index contributed by atoms with van der Waals surface area (Å²) >= 11 is 0. The Labute approximate surface area is 125 Å². The van der Waals surface area contributed by atoms with Gasteiger partial charge >= 0.3 is 0 Å². The van der Waals surface area contributed by atoms with Crippen LogP contribution in [0.5, 0.6) is 0 Å². The highest BCUT2D eigenvalue weighted by atomic mass is 16.5. The monoisotopic (exact) mass is 282 g/mol. The van der Waals surface area contributed by atoms with Crippen molar-refractivity contribution in [3.8, 4) is 0 Å². The van der Waals surface area contributed by atoms with Gasteiger partial charge < -0.3 is 10.1 Å². The van der Waals surface area contributed by atoms with E-state index in [1.54, 1.807) is 0 Å². The summed E-state index contributed by atoms with van der Waals surface area (Å²) in [5.41, 5.74) is 0. The molecule has 2 unspecified atom stereocenters. The number of nitrogens with one attached hydrogen (secondary N) is 1. The lowest BCUT2D eigenvalue weighted by atomic mass is 9.97. The Morgan fingerprint density at radius 2 is 1.95 bits per heavy atom. The lowest BCUT2D eigenvalue weighted by molar-refractivity contribution is -0.00152. The van der Waals surface area contributed by atoms with Gasteiger partial charge in [0, 0.05) is 31.7 Å². The average Bonchev–Trinajstić information content (AvgIpc) is 2.48. The number of hydrogen-bond acceptors (Lipinski definition) is 3. The lowest BCUT2D eigenvalue weighted by Gasteiger charge is -2.42. The fourth-order valence-electron chi connectivity index (χ4n) is 3.66. The summed E-state index contributed by atoms with van der Waals surface area (Å²) in [7, 11) is 0. The van der Waals surface area contributed by atoms with Gasteiger partial charge in [-0.2, -0.15) is 0 Å². The Morgan fingerprint density at radius 1 is 1.20 bits per heavy atom. The minimum absolute atomic E-state index is 0.547. The molecule has 0 aromatic heterocycles. The fourth-order valence-corrected chi connectivity index (χ4v) is 3.66. The van der Waals surface area contributed by atoms with Crippen LogP contribution in [0.2, 0.25) is 0 Å². The van der Waals surface area contributed by atoms with Crippen LogP contribution in [-0.4, -0.2) is 49.3 Å². The van der Waals surface area contributed by atoms with Crippen LogP contribution in [0.15, 0.2) is 0 Å². The molecule has 2 rings (SSSR count). The van der Waals surface area contributed by atoms with E-state index >= 15 is 0 Å². The molecule has 0 aromatic carbocycles. The van der Waals surface area contributed by atoms with E-state index in [0.29, 0.717) is 18.2 Å². The maximum absolute atomic E-state index is 6.12. The molecular weight excluding hydrogens is 248 g/mol. The zero-order valence-corrected chi connectivity index (χ0v) is 13.7. The van der Waals surface area contributed by atoms with Gasteiger partial charge in [0.15, 0.2) is 0 Å². The average molecular weight is 282 g/mol. The molecule has 2 fully saturated rings. The highest BCUT2D eigenvalue weighted by molar-refractivity contribution is 4.87. The zero-order valence-electron chi connectivity index (χ0n) is 13.7. The topological polar surface area (TPSA) is 24.5 Å². The van der Waals surface area contributed by atoms with E-state index in [4.69, 9.17) is 4.74 Å². The lowest BCUT2D eigenvalue weighted by Crippen LogP contribution is -2.58. The predicted molar refractivity (Wildman–Crippen MR) is 85.1 cm³/mol. The molecule has 20 heavy (non-hydrogen) atoms. The molecule has 3 heteroatoms. The van der Waals surface area contributed by atoms with Crippen molar-refractivity contribution in [3.05, 3.63) is 0 Å². The third kappa shape index (κ3) is 4.71. The highest BCUT2D eigenvalue weighted by Gasteiger charge is 2.28. The highest BCUT2D eigenvalue weighted by Crippen LogP contribution is 2.21. The van der Waals surface area contributed by atoms with Gasteiger partial charge in [-0.05, 0) is 25.2 Å². The van der Waals surface area contributed by atoms with Crippen LogP contribution in [0.3, 0.4) is 0 Å². The maximum atomic E-state index is 6.12. The van der Waals surface area contributed by atoms with E-state index in [9.17, 15) is 0 Å². The number of ether oxygens (including phenoxy) is 1. The quantitative estimate of drug-likeness (QED) is 0.810. The van der Waals surface area contributed by atoms with Gasteiger partial charge in [-0.1, -0.05) is 40.0 Å². The van der Waals surface area contributed by atoms with E-state index in [0.717, 1.165) is 25.6 Å². The van der Waals surface area contributed by atoms with Crippen molar-refractivity contribution in [1.29, 1.82) is 0 Å². The van der Waals surface area contributed by atoms with Crippen molar-refractivity contribution in [2.45, 2.75) is 77.5 Å². The third-order valence-electron chi connectivity index (χ3n) is 5.09. The van der Waals surface area contributed by atoms with Crippen LogP contribution in [-0.2, 0) is 4.74 Å². The smallest absolute Gasteiger partial charge is 0.0597 e. The summed E-state index contributed by atoms with van der Waals surface area (Å²) < 4.78 is 6.12. The number of nitrogens with zero attached hydrogens (tertiary/aromatic N) is 1. The Hall–Kier alpha value is -0.120. The van der Waals surface area contributed by atoms with Gasteiger partial charge in [0.05, 0.1) is 12.7 Å². The number of piperazine rings is 1. The van der Waals surface area contributed by atoms with Crippen LogP contribution in [0.1, 0.15) is 59.3 Å². The van der Waals surface area contributed by atoms with Crippen molar-refractivity contribution in [3.63, 3.8) is 0 Å². The van der Waals surface area contributed by atoms with Crippen molar-refractivity contribution < 1.29 is 4.74 Å². The Morgan fingerprint density at radius 3 is 2.60 bits per heavy atom. The van der Waals surface area contributed by atoms with Crippen molar-refractivity contribution >= 4 is 0 Å². The van der Waals surface area contributed by atoms with Crippen molar-refractivity contribution in [2.75, 3.05) is 26.2 Å². The SMILES string of the molecule is CCC1CN(CCOC2CCCCC2)C(C(C)C)CN1. The molecule has 2 aliphatic rings. The van der Waals surface area contributed by atoms with Crippen LogP contribution in [0.25, 0.3) is 0 Å². The minimum atomic E-state index is 0.547. The third-order valence-corrected chi connectivity index (χ3v) is 5.09. The van der Waals surface area contributed by atoms with Gasteiger partial charge in [-0.25, -0.2) is 0 Å². The van der Waals surface area contributed by atoms with Gasteiger partial charge in [0.1, 0.15) is 0 Å². The van der Waals surface area contributed by atoms with E-state index in [1.165, 1.54) is 45.1 Å². The fraction of sp³-hybridized carbons (Fsp3) is 1.00. The molecule has 1 saturated heterocycles. The molecule has 118 valence electrons. The second-order valence-corrected chi connectivity index (χ2v) is 6.95. The van der Waals surface area contributed by atoms with Crippen LogP contribution in [0.4, 0.5) is 0 Å². The molecule has 1 N–H and O–H groups in total. The van der Waals surface area contributed by atoms with Crippen molar-refractivity contribution in [1.82, 2.24) is 10.2 Å². The van der Waals surface area contributed by atoms with Crippen LogP contribution < -0.4 is 5.32 Å². The van der Waals surface area contributed by atoms with Gasteiger partial charge in [0.25, 0.3) is 0 Å². The van der Waals surface area contributed by atoms with Gasteiger partial charge in [0.2, 0.25) is 0 Å². The molecule has 3 nitrogen and oxygen atoms in total. The van der Waals surface area contributed by atoms with Gasteiger partial charge in [-0.15, -0.1) is 0 Å². The largest absolute Gasteiger partial charge is 0.377 e. The molecule has 1 aliphatic heterocycles. The van der Waals surface area contributed by atoms with E-state index in [-0.39, 0.29) is 0 Å². The summed E-state index contributed by atoms with van der Waals surface area (Å²) in [5.74, 6) is 0.718. The summed E-state index contributed by atoms with van der Waals surface area (Å²) in [4.78, 5) is 2.66. The molecule has 1 aliphatic carbocycles. The first-order valence-corrected chi connectivity index (χ1v) is 8.79. The van der Waals surface area contributed by atoms with Gasteiger partial charge in [-0.3, -0.25) is 4.90 Å². The zero-order chi connectivity index (χ0) is 14.4. The molecule has 0 radical (unpaired) electrons. The van der Waals surface area contributed by atoms with Crippen molar-refractivity contribution in [2.24, 2.45) is 5.92 Å². The van der Waals surface area contributed by atoms with E-state index < -0.39 is 0 Å². The summed E-state index contributed by atoms with van der Waals surface area (Å²) in [6.45, 7) is 11.3. The van der Waals surface area contributed by atoms with E-state index in [2.05, 4.69) is 31.0 Å². The number of rotatable bonds is 6. The normalized spacial score (nSPS) is 30.0. The first kappa shape index (κ1) is 16.3. The molecular formula is C17H34N2O. The summed E-state index contributed by atoms with van der Waals surface area (Å²) in [6.07, 6.45) is 8.48. The van der Waals surface area contributed by atoms with Crippen LogP contribution >= 0.6 is 0 Å². The first-order valence-electron chi connectivity index (χ1n) is 8.79. The molecule has 1 saturated carbocycles. The molecule has 1 heterocycles. The van der Waals surface area contributed by atoms with Crippen LogP contribution in [0, 0.1) is 5.92 Å². The molecule has 0 bridgehead atoms. The Kier molecular flexibility index (Phi) is 6.79. The second-order valence-electron chi connectivity index (χ2n) is 6.95. The summed E-state index contributed by atoms with van der Waals surface area (Å²) in [5, 5.41) is 3.69. The minimum Gasteiger partial charge on any atom is -0.377 e. The second kappa shape index (κ2) is 8.35. The molecule has 0 amide bonds. The Bertz CT molecular complexity index is 264. The molecule has 2 atom stereocenters.